The molecule has 0 unspecified atom stereocenters. The summed E-state index contributed by atoms with van der Waals surface area (Å²) in [4.78, 5) is 4.12. The lowest BCUT2D eigenvalue weighted by atomic mass is 10.2. The van der Waals surface area contributed by atoms with Crippen molar-refractivity contribution in [3.8, 4) is 0 Å². The van der Waals surface area contributed by atoms with Crippen LogP contribution < -0.4 is 0 Å². The second kappa shape index (κ2) is 4.37. The zero-order valence-corrected chi connectivity index (χ0v) is 9.45. The third-order valence-electron chi connectivity index (χ3n) is 2.89. The van der Waals surface area contributed by atoms with Gasteiger partial charge in [0.2, 0.25) is 0 Å². The minimum absolute atomic E-state index is 0.888. The standard InChI is InChI=1S/C14H13N3/c1-2-6-14-13(5-1)11-16-17(14)9-7-12-4-3-8-15-10-12/h1-6,8,10-11H,7,9H2. The maximum Gasteiger partial charge on any atom is 0.0682 e. The Hall–Kier alpha value is -2.16. The van der Waals surface area contributed by atoms with Gasteiger partial charge in [-0.1, -0.05) is 24.3 Å². The highest BCUT2D eigenvalue weighted by Gasteiger charge is 2.01. The van der Waals surface area contributed by atoms with Crippen LogP contribution in [0, 0.1) is 0 Å². The lowest BCUT2D eigenvalue weighted by Crippen LogP contribution is -2.02. The van der Waals surface area contributed by atoms with Gasteiger partial charge in [-0.2, -0.15) is 5.10 Å². The summed E-state index contributed by atoms with van der Waals surface area (Å²) < 4.78 is 2.04. The summed E-state index contributed by atoms with van der Waals surface area (Å²) in [5.41, 5.74) is 2.43. The number of rotatable bonds is 3. The van der Waals surface area contributed by atoms with Gasteiger partial charge in [0, 0.05) is 24.3 Å². The first kappa shape index (κ1) is 10.0. The number of aryl methyl sites for hydroxylation is 2. The van der Waals surface area contributed by atoms with Crippen molar-refractivity contribution in [3.05, 3.63) is 60.6 Å². The second-order valence-corrected chi connectivity index (χ2v) is 4.04. The summed E-state index contributed by atoms with van der Waals surface area (Å²) in [6.45, 7) is 0.888. The van der Waals surface area contributed by atoms with Gasteiger partial charge in [0.25, 0.3) is 0 Å². The molecule has 1 aromatic carbocycles. The topological polar surface area (TPSA) is 30.7 Å². The van der Waals surface area contributed by atoms with Crippen LogP contribution >= 0.6 is 0 Å². The van der Waals surface area contributed by atoms with Gasteiger partial charge >= 0.3 is 0 Å². The number of nitrogens with zero attached hydrogens (tertiary/aromatic N) is 3. The molecule has 0 saturated heterocycles. The van der Waals surface area contributed by atoms with E-state index < -0.39 is 0 Å². The number of fused-ring (bicyclic) bond motifs is 1. The van der Waals surface area contributed by atoms with Crippen molar-refractivity contribution >= 4 is 10.9 Å². The van der Waals surface area contributed by atoms with E-state index in [4.69, 9.17) is 0 Å². The van der Waals surface area contributed by atoms with Gasteiger partial charge in [-0.15, -0.1) is 0 Å². The SMILES string of the molecule is c1cncc(CCn2ncc3ccccc32)c1. The number of hydrogen-bond acceptors (Lipinski definition) is 2. The number of pyridine rings is 1. The first-order valence-corrected chi connectivity index (χ1v) is 5.73. The number of hydrogen-bond donors (Lipinski definition) is 0. The van der Waals surface area contributed by atoms with Crippen LogP contribution in [0.25, 0.3) is 10.9 Å². The normalized spacial score (nSPS) is 10.8. The van der Waals surface area contributed by atoms with Crippen LogP contribution in [0.3, 0.4) is 0 Å². The molecule has 0 radical (unpaired) electrons. The maximum atomic E-state index is 4.41. The zero-order chi connectivity index (χ0) is 11.5. The van der Waals surface area contributed by atoms with E-state index in [0.717, 1.165) is 13.0 Å². The fraction of sp³-hybridized carbons (Fsp3) is 0.143. The number of para-hydroxylation sites is 1. The van der Waals surface area contributed by atoms with E-state index in [1.807, 2.05) is 35.3 Å². The monoisotopic (exact) mass is 223 g/mol. The fourth-order valence-electron chi connectivity index (χ4n) is 1.99. The molecule has 17 heavy (non-hydrogen) atoms. The van der Waals surface area contributed by atoms with E-state index in [1.165, 1.54) is 16.5 Å². The summed E-state index contributed by atoms with van der Waals surface area (Å²) >= 11 is 0. The lowest BCUT2D eigenvalue weighted by Gasteiger charge is -2.03. The number of benzene rings is 1. The Bertz CT molecular complexity index is 613. The van der Waals surface area contributed by atoms with Crippen LogP contribution in [0.4, 0.5) is 0 Å². The molecule has 3 rings (SSSR count). The van der Waals surface area contributed by atoms with Crippen LogP contribution in [0.2, 0.25) is 0 Å². The summed E-state index contributed by atoms with van der Waals surface area (Å²) in [7, 11) is 0. The molecular formula is C14H13N3. The average Bonchev–Trinajstić information content (AvgIpc) is 2.81. The Morgan fingerprint density at radius 2 is 1.94 bits per heavy atom. The highest BCUT2D eigenvalue weighted by atomic mass is 15.3. The summed E-state index contributed by atoms with van der Waals surface area (Å²) in [6, 6.07) is 12.3. The Balaban J connectivity index is 1.82. The fourth-order valence-corrected chi connectivity index (χ4v) is 1.99. The average molecular weight is 223 g/mol. The van der Waals surface area contributed by atoms with E-state index in [1.54, 1.807) is 6.20 Å². The molecule has 0 aliphatic heterocycles. The van der Waals surface area contributed by atoms with Gasteiger partial charge in [0.1, 0.15) is 0 Å². The minimum atomic E-state index is 0.888. The minimum Gasteiger partial charge on any atom is -0.265 e. The van der Waals surface area contributed by atoms with Crippen molar-refractivity contribution in [1.82, 2.24) is 14.8 Å². The van der Waals surface area contributed by atoms with E-state index in [9.17, 15) is 0 Å². The predicted molar refractivity (Wildman–Crippen MR) is 67.7 cm³/mol. The van der Waals surface area contributed by atoms with Gasteiger partial charge in [-0.25, -0.2) is 0 Å². The first-order valence-electron chi connectivity index (χ1n) is 5.73. The van der Waals surface area contributed by atoms with Crippen molar-refractivity contribution in [2.75, 3.05) is 0 Å². The summed E-state index contributed by atoms with van der Waals surface area (Å²) in [6.07, 6.45) is 6.58. The van der Waals surface area contributed by atoms with E-state index in [2.05, 4.69) is 28.3 Å². The van der Waals surface area contributed by atoms with Crippen molar-refractivity contribution in [3.63, 3.8) is 0 Å². The van der Waals surface area contributed by atoms with Gasteiger partial charge in [0.05, 0.1) is 11.7 Å². The smallest absolute Gasteiger partial charge is 0.0682 e. The lowest BCUT2D eigenvalue weighted by molar-refractivity contribution is 0.634. The number of aromatic nitrogens is 3. The first-order chi connectivity index (χ1) is 8.43. The van der Waals surface area contributed by atoms with Gasteiger partial charge < -0.3 is 0 Å². The molecule has 0 atom stereocenters. The maximum absolute atomic E-state index is 4.41. The van der Waals surface area contributed by atoms with Gasteiger partial charge in [-0.05, 0) is 24.1 Å². The molecule has 0 saturated carbocycles. The molecule has 0 amide bonds. The van der Waals surface area contributed by atoms with Gasteiger partial charge in [-0.3, -0.25) is 9.67 Å². The molecule has 3 heteroatoms. The molecule has 0 N–H and O–H groups in total. The highest BCUT2D eigenvalue weighted by molar-refractivity contribution is 5.78. The molecule has 84 valence electrons. The zero-order valence-electron chi connectivity index (χ0n) is 9.45. The molecule has 2 heterocycles. The second-order valence-electron chi connectivity index (χ2n) is 4.04. The molecule has 3 aromatic rings. The molecule has 3 nitrogen and oxygen atoms in total. The molecule has 0 spiro atoms. The third kappa shape index (κ3) is 2.04. The third-order valence-corrected chi connectivity index (χ3v) is 2.89. The molecule has 0 bridgehead atoms. The Labute approximate surface area is 99.7 Å². The molecule has 0 aliphatic carbocycles. The van der Waals surface area contributed by atoms with Gasteiger partial charge in [0.15, 0.2) is 0 Å². The van der Waals surface area contributed by atoms with Crippen LogP contribution in [-0.4, -0.2) is 14.8 Å². The van der Waals surface area contributed by atoms with E-state index in [0.29, 0.717) is 0 Å². The Morgan fingerprint density at radius 3 is 2.82 bits per heavy atom. The Morgan fingerprint density at radius 1 is 1.00 bits per heavy atom. The molecule has 0 aliphatic rings. The van der Waals surface area contributed by atoms with Crippen molar-refractivity contribution in [2.24, 2.45) is 0 Å². The van der Waals surface area contributed by atoms with E-state index >= 15 is 0 Å². The van der Waals surface area contributed by atoms with Crippen molar-refractivity contribution < 1.29 is 0 Å². The van der Waals surface area contributed by atoms with E-state index in [-0.39, 0.29) is 0 Å². The molecule has 0 fully saturated rings. The molecular weight excluding hydrogens is 210 g/mol. The van der Waals surface area contributed by atoms with Crippen LogP contribution in [0.5, 0.6) is 0 Å². The summed E-state index contributed by atoms with van der Waals surface area (Å²) in [5, 5.41) is 5.60. The van der Waals surface area contributed by atoms with Crippen LogP contribution in [0.1, 0.15) is 5.56 Å². The Kier molecular flexibility index (Phi) is 2.58. The quantitative estimate of drug-likeness (QED) is 0.683. The van der Waals surface area contributed by atoms with Crippen LogP contribution in [0.15, 0.2) is 55.0 Å². The largest absolute Gasteiger partial charge is 0.265 e. The molecule has 2 aromatic heterocycles. The highest BCUT2D eigenvalue weighted by Crippen LogP contribution is 2.13. The van der Waals surface area contributed by atoms with Crippen LogP contribution in [-0.2, 0) is 13.0 Å². The van der Waals surface area contributed by atoms with Crippen molar-refractivity contribution in [2.45, 2.75) is 13.0 Å². The summed E-state index contributed by atoms with van der Waals surface area (Å²) in [5.74, 6) is 0. The predicted octanol–water partition coefficient (Wildman–Crippen LogP) is 2.67. The van der Waals surface area contributed by atoms with Crippen molar-refractivity contribution in [1.29, 1.82) is 0 Å².